The Kier molecular flexibility index (Phi) is 8.10. The van der Waals surface area contributed by atoms with Crippen LogP contribution in [-0.2, 0) is 30.9 Å². The van der Waals surface area contributed by atoms with Gasteiger partial charge in [-0.1, -0.05) is 18.2 Å². The van der Waals surface area contributed by atoms with E-state index >= 15 is 0 Å². The average Bonchev–Trinajstić information content (AvgIpc) is 3.70. The van der Waals surface area contributed by atoms with Gasteiger partial charge in [0.1, 0.15) is 11.6 Å². The number of likely N-dealkylation sites (N-methyl/N-ethyl adjacent to an activating group) is 1. The van der Waals surface area contributed by atoms with Crippen molar-refractivity contribution in [2.75, 3.05) is 19.9 Å². The molecule has 8 nitrogen and oxygen atoms in total. The Morgan fingerprint density at radius 3 is 2.47 bits per heavy atom. The molecule has 2 aliphatic carbocycles. The molecule has 2 aliphatic rings. The Balaban J connectivity index is 1.64. The second kappa shape index (κ2) is 11.1. The number of halogens is 2. The van der Waals surface area contributed by atoms with E-state index in [2.05, 4.69) is 5.32 Å². The van der Waals surface area contributed by atoms with Crippen LogP contribution in [-0.4, -0.2) is 45.9 Å². The molecule has 38 heavy (non-hydrogen) atoms. The van der Waals surface area contributed by atoms with Crippen molar-refractivity contribution < 1.29 is 36.3 Å². The van der Waals surface area contributed by atoms with E-state index in [4.69, 9.17) is 9.47 Å². The molecule has 0 bridgehead atoms. The molecule has 0 saturated heterocycles. The molecule has 1 atom stereocenters. The molecule has 0 heterocycles. The van der Waals surface area contributed by atoms with Crippen LogP contribution >= 0.6 is 0 Å². The summed E-state index contributed by atoms with van der Waals surface area (Å²) in [6.07, 6.45) is 6.17. The quantitative estimate of drug-likeness (QED) is 0.442. The maximum atomic E-state index is 14.9. The number of amides is 2. The first kappa shape index (κ1) is 27.6. The smallest absolute Gasteiger partial charge is 0.264 e. The van der Waals surface area contributed by atoms with Gasteiger partial charge in [-0.2, -0.15) is 0 Å². The molecule has 1 fully saturated rings. The molecule has 0 aromatic heterocycles. The van der Waals surface area contributed by atoms with Gasteiger partial charge in [-0.3, -0.25) is 9.59 Å². The first-order chi connectivity index (χ1) is 18.0. The van der Waals surface area contributed by atoms with E-state index in [1.807, 2.05) is 0 Å². The highest BCUT2D eigenvalue weighted by Gasteiger charge is 2.38. The van der Waals surface area contributed by atoms with Gasteiger partial charge < -0.3 is 14.8 Å². The third kappa shape index (κ3) is 7.12. The highest BCUT2D eigenvalue weighted by molar-refractivity contribution is 7.89. The number of ether oxygens (including phenoxy) is 2. The molecule has 0 radical (unpaired) electrons. The summed E-state index contributed by atoms with van der Waals surface area (Å²) in [5.41, 5.74) is 1.29. The zero-order valence-electron chi connectivity index (χ0n) is 20.9. The summed E-state index contributed by atoms with van der Waals surface area (Å²) in [6.45, 7) is 0.0828. The van der Waals surface area contributed by atoms with E-state index in [9.17, 15) is 26.8 Å². The van der Waals surface area contributed by atoms with Crippen molar-refractivity contribution in [3.8, 4) is 0 Å². The molecular weight excluding hydrogens is 518 g/mol. The van der Waals surface area contributed by atoms with Crippen molar-refractivity contribution in [1.29, 1.82) is 0 Å². The van der Waals surface area contributed by atoms with Gasteiger partial charge in [-0.05, 0) is 66.3 Å². The minimum Gasteiger partial charge on any atom is -0.355 e. The number of sulfonamides is 1. The molecule has 2 aromatic rings. The predicted octanol–water partition coefficient (Wildman–Crippen LogP) is 3.45. The van der Waals surface area contributed by atoms with Crippen molar-refractivity contribution in [2.24, 2.45) is 5.92 Å². The Morgan fingerprint density at radius 1 is 1.08 bits per heavy atom. The van der Waals surface area contributed by atoms with Crippen LogP contribution in [0, 0.1) is 17.6 Å². The zero-order chi connectivity index (χ0) is 27.5. The van der Waals surface area contributed by atoms with E-state index in [0.717, 1.165) is 25.2 Å². The lowest BCUT2D eigenvalue weighted by Crippen LogP contribution is -2.39. The lowest BCUT2D eigenvalue weighted by molar-refractivity contribution is -0.213. The topological polar surface area (TPSA) is 111 Å². The summed E-state index contributed by atoms with van der Waals surface area (Å²) in [7, 11) is -2.32. The monoisotopic (exact) mass is 546 g/mol. The maximum Gasteiger partial charge on any atom is 0.264 e. The van der Waals surface area contributed by atoms with E-state index in [1.54, 1.807) is 29.0 Å². The second-order valence-electron chi connectivity index (χ2n) is 9.40. The van der Waals surface area contributed by atoms with Gasteiger partial charge in [0.05, 0.1) is 19.5 Å². The van der Waals surface area contributed by atoms with Gasteiger partial charge in [0, 0.05) is 30.2 Å². The zero-order valence-corrected chi connectivity index (χ0v) is 21.7. The summed E-state index contributed by atoms with van der Waals surface area (Å²) in [5.74, 6) is -3.65. The van der Waals surface area contributed by atoms with Crippen molar-refractivity contribution in [3.05, 3.63) is 88.5 Å². The molecule has 0 aliphatic heterocycles. The van der Waals surface area contributed by atoms with Crippen molar-refractivity contribution in [3.63, 3.8) is 0 Å². The normalized spacial score (nSPS) is 19.4. The molecule has 4 rings (SSSR count). The van der Waals surface area contributed by atoms with E-state index in [-0.39, 0.29) is 30.1 Å². The van der Waals surface area contributed by atoms with E-state index < -0.39 is 33.4 Å². The number of rotatable bonds is 10. The van der Waals surface area contributed by atoms with Crippen LogP contribution in [0.15, 0.2) is 60.2 Å². The van der Waals surface area contributed by atoms with Gasteiger partial charge in [-0.25, -0.2) is 21.9 Å². The standard InChI is InChI=1S/C27H28F2N2O6S/c1-30-25(32)22-10-21(18-4-3-5-23(28)11-18)13-27(14-22,36-15-17-6-7-17)37-16-20-9-8-19(12-24(20)29)26(33)31-38(2,34)35/h3-5,8-13,17H,6-7,14-16H2,1-2H3,(H,30,32)(H,31,33). The van der Waals surface area contributed by atoms with Crippen LogP contribution in [0.5, 0.6) is 0 Å². The Labute approximate surface area is 219 Å². The molecule has 202 valence electrons. The molecule has 0 spiro atoms. The lowest BCUT2D eigenvalue weighted by atomic mass is 9.90. The number of benzene rings is 2. The third-order valence-corrected chi connectivity index (χ3v) is 6.70. The summed E-state index contributed by atoms with van der Waals surface area (Å²) in [5, 5.41) is 2.59. The number of hydrogen-bond acceptors (Lipinski definition) is 6. The molecule has 11 heteroatoms. The van der Waals surface area contributed by atoms with Gasteiger partial charge in [0.2, 0.25) is 15.9 Å². The van der Waals surface area contributed by atoms with E-state index in [1.165, 1.54) is 31.3 Å². The molecular formula is C27H28F2N2O6S. The first-order valence-electron chi connectivity index (χ1n) is 12.0. The summed E-state index contributed by atoms with van der Waals surface area (Å²) < 4.78 is 65.7. The molecule has 1 saturated carbocycles. The number of nitrogens with one attached hydrogen (secondary N) is 2. The highest BCUT2D eigenvalue weighted by Crippen LogP contribution is 2.39. The van der Waals surface area contributed by atoms with Crippen LogP contribution < -0.4 is 10.0 Å². The summed E-state index contributed by atoms with van der Waals surface area (Å²) in [4.78, 5) is 24.7. The summed E-state index contributed by atoms with van der Waals surface area (Å²) >= 11 is 0. The Bertz CT molecular complexity index is 1420. The second-order valence-corrected chi connectivity index (χ2v) is 11.1. The first-order valence-corrected chi connectivity index (χ1v) is 13.9. The fourth-order valence-electron chi connectivity index (χ4n) is 3.98. The molecule has 2 amide bonds. The average molecular weight is 547 g/mol. The number of carbonyl (C=O) groups is 2. The SMILES string of the molecule is CNC(=O)C1=CC(c2cccc(F)c2)=CC(OCc2ccc(C(=O)NS(C)(=O)=O)cc2F)(OCC2CC2)C1. The minimum absolute atomic E-state index is 0.0364. The number of allylic oxidation sites excluding steroid dienone is 2. The third-order valence-electron chi connectivity index (χ3n) is 6.14. The van der Waals surface area contributed by atoms with E-state index in [0.29, 0.717) is 29.2 Å². The largest absolute Gasteiger partial charge is 0.355 e. The fourth-order valence-corrected chi connectivity index (χ4v) is 4.43. The summed E-state index contributed by atoms with van der Waals surface area (Å²) in [6, 6.07) is 9.41. The van der Waals surface area contributed by atoms with Crippen molar-refractivity contribution >= 4 is 27.4 Å². The van der Waals surface area contributed by atoms with Gasteiger partial charge >= 0.3 is 0 Å². The lowest BCUT2D eigenvalue weighted by Gasteiger charge is -2.35. The molecule has 1 unspecified atom stereocenters. The van der Waals surface area contributed by atoms with Crippen molar-refractivity contribution in [2.45, 2.75) is 31.7 Å². The minimum atomic E-state index is -3.81. The molecule has 2 N–H and O–H groups in total. The van der Waals surface area contributed by atoms with Crippen LogP contribution in [0.2, 0.25) is 0 Å². The molecule has 2 aromatic carbocycles. The Hall–Kier alpha value is -3.41. The Morgan fingerprint density at radius 2 is 1.84 bits per heavy atom. The van der Waals surface area contributed by atoms with Crippen LogP contribution in [0.1, 0.15) is 40.7 Å². The number of hydrogen-bond donors (Lipinski definition) is 2. The van der Waals surface area contributed by atoms with Crippen LogP contribution in [0.25, 0.3) is 5.57 Å². The van der Waals surface area contributed by atoms with Gasteiger partial charge in [0.25, 0.3) is 5.91 Å². The van der Waals surface area contributed by atoms with Crippen molar-refractivity contribution in [1.82, 2.24) is 10.0 Å². The number of carbonyl (C=O) groups excluding carboxylic acids is 2. The maximum absolute atomic E-state index is 14.9. The van der Waals surface area contributed by atoms with Gasteiger partial charge in [0.15, 0.2) is 5.79 Å². The predicted molar refractivity (Wildman–Crippen MR) is 136 cm³/mol. The van der Waals surface area contributed by atoms with Crippen LogP contribution in [0.4, 0.5) is 8.78 Å². The van der Waals surface area contributed by atoms with Gasteiger partial charge in [-0.15, -0.1) is 0 Å². The fraction of sp³-hybridized carbons (Fsp3) is 0.333. The highest BCUT2D eigenvalue weighted by atomic mass is 32.2. The van der Waals surface area contributed by atoms with Crippen LogP contribution in [0.3, 0.4) is 0 Å².